The van der Waals surface area contributed by atoms with Crippen LogP contribution in [0.2, 0.25) is 0 Å². The molecule has 2 aromatic rings. The number of sulfonamides is 1. The summed E-state index contributed by atoms with van der Waals surface area (Å²) in [6.45, 7) is 2.07. The van der Waals surface area contributed by atoms with Crippen molar-refractivity contribution in [2.75, 3.05) is 27.9 Å². The highest BCUT2D eigenvalue weighted by Crippen LogP contribution is 2.25. The largest absolute Gasteiger partial charge is 0.497 e. The maximum atomic E-state index is 12.4. The van der Waals surface area contributed by atoms with Crippen molar-refractivity contribution in [3.05, 3.63) is 47.5 Å². The number of hydrogen-bond acceptors (Lipinski definition) is 5. The smallest absolute Gasteiger partial charge is 0.240 e. The molecule has 0 unspecified atom stereocenters. The van der Waals surface area contributed by atoms with Crippen LogP contribution in [-0.2, 0) is 16.4 Å². The van der Waals surface area contributed by atoms with Gasteiger partial charge in [-0.3, -0.25) is 0 Å². The van der Waals surface area contributed by atoms with Crippen molar-refractivity contribution in [1.29, 1.82) is 0 Å². The zero-order valence-corrected chi connectivity index (χ0v) is 15.6. The monoisotopic (exact) mass is 365 g/mol. The number of rotatable bonds is 8. The Balaban J connectivity index is 2.07. The summed E-state index contributed by atoms with van der Waals surface area (Å²) in [5.74, 6) is 2.01. The third kappa shape index (κ3) is 4.64. The van der Waals surface area contributed by atoms with Crippen LogP contribution in [0.1, 0.15) is 11.1 Å². The van der Waals surface area contributed by atoms with Crippen molar-refractivity contribution >= 4 is 10.0 Å². The minimum absolute atomic E-state index is 0.215. The second-order valence-electron chi connectivity index (χ2n) is 5.46. The second-order valence-corrected chi connectivity index (χ2v) is 7.22. The predicted octanol–water partition coefficient (Wildman–Crippen LogP) is 2.54. The first kappa shape index (κ1) is 19.1. The molecule has 0 spiro atoms. The van der Waals surface area contributed by atoms with Crippen LogP contribution >= 0.6 is 0 Å². The number of methoxy groups -OCH3 is 3. The van der Waals surface area contributed by atoms with Gasteiger partial charge in [0.05, 0.1) is 26.2 Å². The molecule has 136 valence electrons. The highest BCUT2D eigenvalue weighted by molar-refractivity contribution is 7.89. The number of ether oxygens (including phenoxy) is 3. The van der Waals surface area contributed by atoms with Gasteiger partial charge in [0.15, 0.2) is 0 Å². The molecule has 0 bridgehead atoms. The van der Waals surface area contributed by atoms with Gasteiger partial charge in [0.25, 0.3) is 0 Å². The molecule has 1 N–H and O–H groups in total. The molecule has 0 heterocycles. The average molecular weight is 365 g/mol. The van der Waals surface area contributed by atoms with E-state index in [0.717, 1.165) is 11.1 Å². The highest BCUT2D eigenvalue weighted by Gasteiger charge is 2.15. The Morgan fingerprint density at radius 2 is 1.64 bits per heavy atom. The molecule has 0 saturated carbocycles. The van der Waals surface area contributed by atoms with Crippen LogP contribution < -0.4 is 18.9 Å². The van der Waals surface area contributed by atoms with Crippen LogP contribution in [0.15, 0.2) is 41.3 Å². The molecule has 0 fully saturated rings. The molecule has 0 aromatic heterocycles. The number of hydrogen-bond donors (Lipinski definition) is 1. The third-order valence-electron chi connectivity index (χ3n) is 3.86. The van der Waals surface area contributed by atoms with Crippen LogP contribution in [0.5, 0.6) is 17.2 Å². The van der Waals surface area contributed by atoms with Gasteiger partial charge >= 0.3 is 0 Å². The van der Waals surface area contributed by atoms with E-state index < -0.39 is 10.0 Å². The maximum absolute atomic E-state index is 12.4. The molecule has 0 aliphatic rings. The van der Waals surface area contributed by atoms with E-state index in [1.165, 1.54) is 6.07 Å². The molecule has 2 aromatic carbocycles. The molecule has 2 rings (SSSR count). The Bertz CT molecular complexity index is 833. The zero-order valence-electron chi connectivity index (χ0n) is 14.8. The molecule has 0 saturated heterocycles. The van der Waals surface area contributed by atoms with E-state index in [0.29, 0.717) is 23.7 Å². The Morgan fingerprint density at radius 3 is 2.24 bits per heavy atom. The SMILES string of the molecule is COc1ccc(CCNS(=O)(=O)c2ccc(OC)c(C)c2)c(OC)c1. The van der Waals surface area contributed by atoms with Gasteiger partial charge in [0.1, 0.15) is 17.2 Å². The minimum Gasteiger partial charge on any atom is -0.497 e. The predicted molar refractivity (Wildman–Crippen MR) is 96.2 cm³/mol. The fourth-order valence-corrected chi connectivity index (χ4v) is 3.60. The first-order chi connectivity index (χ1) is 11.9. The van der Waals surface area contributed by atoms with Gasteiger partial charge in [-0.2, -0.15) is 0 Å². The normalized spacial score (nSPS) is 11.2. The van der Waals surface area contributed by atoms with Crippen molar-refractivity contribution < 1.29 is 22.6 Å². The van der Waals surface area contributed by atoms with E-state index in [2.05, 4.69) is 4.72 Å². The third-order valence-corrected chi connectivity index (χ3v) is 5.32. The maximum Gasteiger partial charge on any atom is 0.240 e. The van der Waals surface area contributed by atoms with E-state index in [4.69, 9.17) is 14.2 Å². The van der Waals surface area contributed by atoms with Crippen LogP contribution in [0.25, 0.3) is 0 Å². The molecule has 0 amide bonds. The van der Waals surface area contributed by atoms with Gasteiger partial charge in [-0.1, -0.05) is 6.07 Å². The topological polar surface area (TPSA) is 73.9 Å². The van der Waals surface area contributed by atoms with Crippen molar-refractivity contribution in [3.63, 3.8) is 0 Å². The van der Waals surface area contributed by atoms with E-state index in [1.54, 1.807) is 46.5 Å². The lowest BCUT2D eigenvalue weighted by Gasteiger charge is -2.12. The van der Waals surface area contributed by atoms with Crippen LogP contribution in [0.4, 0.5) is 0 Å². The standard InChI is InChI=1S/C18H23NO5S/c1-13-11-16(7-8-17(13)23-3)25(20,21)19-10-9-14-5-6-15(22-2)12-18(14)24-4/h5-8,11-12,19H,9-10H2,1-4H3. The summed E-state index contributed by atoms with van der Waals surface area (Å²) in [5.41, 5.74) is 1.67. The Hall–Kier alpha value is -2.25. The summed E-state index contributed by atoms with van der Waals surface area (Å²) in [4.78, 5) is 0.215. The summed E-state index contributed by atoms with van der Waals surface area (Å²) in [7, 11) is 1.13. The molecule has 0 radical (unpaired) electrons. The summed E-state index contributed by atoms with van der Waals surface area (Å²) in [6, 6.07) is 10.2. The summed E-state index contributed by atoms with van der Waals surface area (Å²) in [6.07, 6.45) is 0.502. The number of aryl methyl sites for hydroxylation is 1. The Labute approximate surface area is 148 Å². The molecule has 6 nitrogen and oxygen atoms in total. The first-order valence-corrected chi connectivity index (χ1v) is 9.25. The molecule has 0 aliphatic heterocycles. The minimum atomic E-state index is -3.58. The van der Waals surface area contributed by atoms with Crippen LogP contribution in [-0.4, -0.2) is 36.3 Å². The van der Waals surface area contributed by atoms with E-state index in [-0.39, 0.29) is 11.4 Å². The van der Waals surface area contributed by atoms with Gasteiger partial charge in [0.2, 0.25) is 10.0 Å². The highest BCUT2D eigenvalue weighted by atomic mass is 32.2. The second kappa shape index (κ2) is 8.22. The quantitative estimate of drug-likeness (QED) is 0.778. The van der Waals surface area contributed by atoms with Gasteiger partial charge in [-0.25, -0.2) is 13.1 Å². The fourth-order valence-electron chi connectivity index (χ4n) is 2.48. The number of nitrogens with one attached hydrogen (secondary N) is 1. The van der Waals surface area contributed by atoms with Gasteiger partial charge in [-0.05, 0) is 48.7 Å². The lowest BCUT2D eigenvalue weighted by Crippen LogP contribution is -2.26. The van der Waals surface area contributed by atoms with Crippen molar-refractivity contribution in [3.8, 4) is 17.2 Å². The Kier molecular flexibility index (Phi) is 6.27. The first-order valence-electron chi connectivity index (χ1n) is 7.76. The molecular weight excluding hydrogens is 342 g/mol. The van der Waals surface area contributed by atoms with Crippen molar-refractivity contribution in [2.45, 2.75) is 18.2 Å². The molecule has 0 aliphatic carbocycles. The molecule has 7 heteroatoms. The average Bonchev–Trinajstić information content (AvgIpc) is 2.61. The van der Waals surface area contributed by atoms with E-state index >= 15 is 0 Å². The van der Waals surface area contributed by atoms with Gasteiger partial charge < -0.3 is 14.2 Å². The fraction of sp³-hybridized carbons (Fsp3) is 0.333. The lowest BCUT2D eigenvalue weighted by atomic mass is 10.1. The Morgan fingerprint density at radius 1 is 0.920 bits per heavy atom. The lowest BCUT2D eigenvalue weighted by molar-refractivity contribution is 0.391. The van der Waals surface area contributed by atoms with Crippen LogP contribution in [0, 0.1) is 6.92 Å². The summed E-state index contributed by atoms with van der Waals surface area (Å²) < 4.78 is 43.1. The van der Waals surface area contributed by atoms with Gasteiger partial charge in [0, 0.05) is 12.6 Å². The number of benzene rings is 2. The zero-order chi connectivity index (χ0) is 18.4. The molecular formula is C18H23NO5S. The van der Waals surface area contributed by atoms with E-state index in [1.807, 2.05) is 12.1 Å². The van der Waals surface area contributed by atoms with Gasteiger partial charge in [-0.15, -0.1) is 0 Å². The van der Waals surface area contributed by atoms with E-state index in [9.17, 15) is 8.42 Å². The summed E-state index contributed by atoms with van der Waals surface area (Å²) in [5, 5.41) is 0. The summed E-state index contributed by atoms with van der Waals surface area (Å²) >= 11 is 0. The van der Waals surface area contributed by atoms with Crippen molar-refractivity contribution in [2.24, 2.45) is 0 Å². The van der Waals surface area contributed by atoms with Crippen LogP contribution in [0.3, 0.4) is 0 Å². The molecule has 0 atom stereocenters. The molecule has 25 heavy (non-hydrogen) atoms. The van der Waals surface area contributed by atoms with Crippen molar-refractivity contribution in [1.82, 2.24) is 4.72 Å².